The van der Waals surface area contributed by atoms with Gasteiger partial charge in [-0.1, -0.05) is 12.7 Å². The summed E-state index contributed by atoms with van der Waals surface area (Å²) in [5.74, 6) is -1.56. The van der Waals surface area contributed by atoms with Crippen LogP contribution in [-0.4, -0.2) is 127 Å². The largest absolute Gasteiger partial charge is 0.460 e. The summed E-state index contributed by atoms with van der Waals surface area (Å²) in [6, 6.07) is 0.692. The molecule has 51 heavy (non-hydrogen) atoms. The zero-order valence-corrected chi connectivity index (χ0v) is 39.1. The highest BCUT2D eigenvalue weighted by atomic mass is 28.4. The highest BCUT2D eigenvalue weighted by Crippen LogP contribution is 2.37. The van der Waals surface area contributed by atoms with Crippen molar-refractivity contribution in [3.63, 3.8) is 0 Å². The number of allylic oxidation sites excluding steroid dienone is 1. The highest BCUT2D eigenvalue weighted by Gasteiger charge is 2.53. The molecule has 2 atom stereocenters. The van der Waals surface area contributed by atoms with Crippen LogP contribution in [0, 0.1) is 0 Å². The van der Waals surface area contributed by atoms with Crippen molar-refractivity contribution in [2.45, 2.75) is 141 Å². The Morgan fingerprint density at radius 1 is 0.725 bits per heavy atom. The number of ether oxygens (including phenoxy) is 4. The van der Waals surface area contributed by atoms with Gasteiger partial charge in [-0.2, -0.15) is 0 Å². The minimum atomic E-state index is -2.24. The smallest absolute Gasteiger partial charge is 0.333 e. The molecule has 0 aromatic rings. The third-order valence-electron chi connectivity index (χ3n) is 6.26. The van der Waals surface area contributed by atoms with Gasteiger partial charge in [0.05, 0.1) is 13.2 Å². The molecule has 0 heterocycles. The van der Waals surface area contributed by atoms with Gasteiger partial charge in [0, 0.05) is 24.9 Å². The molecule has 0 spiro atoms. The lowest BCUT2D eigenvalue weighted by atomic mass is 10.3. The van der Waals surface area contributed by atoms with E-state index in [2.05, 4.69) is 85.1 Å². The molecule has 2 unspecified atom stereocenters. The summed E-state index contributed by atoms with van der Waals surface area (Å²) >= 11 is 0. The Morgan fingerprint density at radius 3 is 1.59 bits per heavy atom. The van der Waals surface area contributed by atoms with Gasteiger partial charge in [-0.15, -0.1) is 0 Å². The third-order valence-corrected chi connectivity index (χ3v) is 14.0. The second-order valence-electron chi connectivity index (χ2n) is 16.7. The van der Waals surface area contributed by atoms with Crippen LogP contribution in [0.25, 0.3) is 0 Å². The minimum Gasteiger partial charge on any atom is -0.460 e. The van der Waals surface area contributed by atoms with Gasteiger partial charge in [0.2, 0.25) is 0 Å². The molecule has 0 aromatic heterocycles. The molecule has 0 saturated heterocycles. The maximum Gasteiger partial charge on any atom is 0.333 e. The number of rotatable bonds is 28. The molecule has 0 rings (SSSR count). The Kier molecular flexibility index (Phi) is 22.8. The molecular formula is C34H71O12Si5. The predicted octanol–water partition coefficient (Wildman–Crippen LogP) is 6.15. The van der Waals surface area contributed by atoms with E-state index in [1.54, 1.807) is 19.9 Å². The van der Waals surface area contributed by atoms with Crippen molar-refractivity contribution in [3.8, 4) is 0 Å². The van der Waals surface area contributed by atoms with Crippen LogP contribution >= 0.6 is 0 Å². The predicted molar refractivity (Wildman–Crippen MR) is 214 cm³/mol. The van der Waals surface area contributed by atoms with E-state index in [4.69, 9.17) is 36.7 Å². The molecule has 17 heteroatoms. The van der Waals surface area contributed by atoms with Gasteiger partial charge in [-0.3, -0.25) is 0 Å². The maximum absolute atomic E-state index is 11.7. The number of hydrogen-bond acceptors (Lipinski definition) is 12. The third kappa shape index (κ3) is 25.8. The van der Waals surface area contributed by atoms with E-state index in [9.17, 15) is 19.8 Å². The van der Waals surface area contributed by atoms with Gasteiger partial charge >= 0.3 is 11.9 Å². The number of aliphatic hydroxyl groups is 2. The van der Waals surface area contributed by atoms with E-state index in [1.807, 2.05) is 0 Å². The minimum absolute atomic E-state index is 0.0193. The molecule has 0 aliphatic carbocycles. The molecule has 0 saturated carbocycles. The molecule has 0 fully saturated rings. The Bertz CT molecular complexity index is 1030. The number of carbonyl (C=O) groups excluding carboxylic acids is 2. The first kappa shape index (κ1) is 50.2. The number of hydrogen-bond donors (Lipinski definition) is 2. The molecular weight excluding hydrogens is 741 g/mol. The molecule has 299 valence electrons. The van der Waals surface area contributed by atoms with Crippen molar-refractivity contribution in [2.75, 3.05) is 39.6 Å². The molecule has 12 nitrogen and oxygen atoms in total. The molecule has 0 aromatic carbocycles. The lowest BCUT2D eigenvalue weighted by molar-refractivity contribution is -0.143. The first-order valence-corrected chi connectivity index (χ1v) is 33.4. The zero-order chi connectivity index (χ0) is 39.7. The zero-order valence-electron chi connectivity index (χ0n) is 34.1. The van der Waals surface area contributed by atoms with E-state index in [1.165, 1.54) is 6.08 Å². The van der Waals surface area contributed by atoms with Crippen LogP contribution in [0.1, 0.15) is 33.1 Å². The van der Waals surface area contributed by atoms with Gasteiger partial charge in [-0.25, -0.2) is 9.59 Å². The van der Waals surface area contributed by atoms with Crippen LogP contribution in [0.5, 0.6) is 0 Å². The summed E-state index contributed by atoms with van der Waals surface area (Å²) in [5.41, 5.74) is -0.700. The lowest BCUT2D eigenvalue weighted by Crippen LogP contribution is -2.65. The fraction of sp³-hybridized carbons (Fsp3) is 0.824. The molecule has 0 aliphatic rings. The van der Waals surface area contributed by atoms with Crippen LogP contribution in [0.3, 0.4) is 0 Å². The fourth-order valence-corrected chi connectivity index (χ4v) is 16.6. The molecule has 0 amide bonds. The van der Waals surface area contributed by atoms with E-state index < -0.39 is 77.5 Å². The van der Waals surface area contributed by atoms with Crippen LogP contribution in [0.2, 0.25) is 84.6 Å². The normalized spacial score (nSPS) is 14.7. The lowest BCUT2D eigenvalue weighted by Gasteiger charge is -2.50. The SMILES string of the molecule is C=C(C)C(=O)OCC(O)COCCC[Si](C(O[Si](C)(C)C)O[Si](C)(C)C)C(CCCOCC(O)COC(=O)C=CC)(O[Si](C)(C)C)O[Si](C)(C)C. The quantitative estimate of drug-likeness (QED) is 0.0307. The van der Waals surface area contributed by atoms with Gasteiger partial charge in [0.1, 0.15) is 36.7 Å². The number of carbonyl (C=O) groups is 2. The van der Waals surface area contributed by atoms with E-state index in [0.29, 0.717) is 38.5 Å². The Balaban J connectivity index is 6.37. The van der Waals surface area contributed by atoms with Crippen molar-refractivity contribution < 1.29 is 56.5 Å². The summed E-state index contributed by atoms with van der Waals surface area (Å²) in [6.07, 6.45) is 2.75. The van der Waals surface area contributed by atoms with Crippen molar-refractivity contribution in [1.29, 1.82) is 0 Å². The van der Waals surface area contributed by atoms with Gasteiger partial charge < -0.3 is 46.9 Å². The first-order valence-electron chi connectivity index (χ1n) is 17.9. The van der Waals surface area contributed by atoms with Gasteiger partial charge in [0.15, 0.2) is 42.1 Å². The number of esters is 2. The summed E-state index contributed by atoms with van der Waals surface area (Å²) in [6.45, 7) is 33.2. The molecule has 1 radical (unpaired) electrons. The Hall–Kier alpha value is -0.816. The van der Waals surface area contributed by atoms with Gasteiger partial charge in [0.25, 0.3) is 0 Å². The van der Waals surface area contributed by atoms with Crippen LogP contribution in [-0.2, 0) is 46.2 Å². The first-order chi connectivity index (χ1) is 23.2. The van der Waals surface area contributed by atoms with Crippen molar-refractivity contribution in [3.05, 3.63) is 24.3 Å². The van der Waals surface area contributed by atoms with Crippen molar-refractivity contribution in [2.24, 2.45) is 0 Å². The summed E-state index contributed by atoms with van der Waals surface area (Å²) < 4.78 is 50.1. The summed E-state index contributed by atoms with van der Waals surface area (Å²) in [5, 5.41) is 20.6. The van der Waals surface area contributed by atoms with Crippen LogP contribution < -0.4 is 0 Å². The Labute approximate surface area is 314 Å². The number of aliphatic hydroxyl groups excluding tert-OH is 2. The van der Waals surface area contributed by atoms with Crippen molar-refractivity contribution >= 4 is 54.0 Å². The molecule has 0 aliphatic heterocycles. The van der Waals surface area contributed by atoms with Crippen LogP contribution in [0.15, 0.2) is 24.3 Å². The standard InChI is InChI=1S/C34H71O12Si5/c1-16-19-31(37)41-26-29(35)24-39-21-17-20-34(45-50(10,11)12,46-51(13,14)15)47(33(43-48(4,5)6)44-49(7,8)9)23-18-22-40-25-30(36)27-42-32(38)28(2)3/h16,19,29-30,33,35-36H,2,17-18,20-27H2,1,3-15H3. The van der Waals surface area contributed by atoms with Gasteiger partial charge in [-0.05, 0) is 118 Å². The maximum atomic E-state index is 11.7. The monoisotopic (exact) mass is 811 g/mol. The highest BCUT2D eigenvalue weighted by molar-refractivity contribution is 6.76. The van der Waals surface area contributed by atoms with E-state index in [-0.39, 0.29) is 32.0 Å². The second kappa shape index (κ2) is 23.2. The van der Waals surface area contributed by atoms with Crippen LogP contribution in [0.4, 0.5) is 0 Å². The second-order valence-corrected chi connectivity index (χ2v) is 37.2. The van der Waals surface area contributed by atoms with E-state index in [0.717, 1.165) is 0 Å². The van der Waals surface area contributed by atoms with E-state index >= 15 is 0 Å². The fourth-order valence-electron chi connectivity index (χ4n) is 4.66. The average Bonchev–Trinajstić information content (AvgIpc) is 2.92. The molecule has 2 N–H and O–H groups in total. The Morgan fingerprint density at radius 2 is 1.18 bits per heavy atom. The van der Waals surface area contributed by atoms with Crippen molar-refractivity contribution in [1.82, 2.24) is 0 Å². The summed E-state index contributed by atoms with van der Waals surface area (Å²) in [7, 11) is -10.5. The average molecular weight is 812 g/mol. The topological polar surface area (TPSA) is 148 Å². The molecule has 0 bridgehead atoms. The summed E-state index contributed by atoms with van der Waals surface area (Å²) in [4.78, 5) is 23.4.